The fraction of sp³-hybridized carbons (Fsp3) is 0.261. The van der Waals surface area contributed by atoms with Crippen LogP contribution in [0, 0.1) is 0 Å². The first-order valence-electron chi connectivity index (χ1n) is 9.57. The Bertz CT molecular complexity index is 946. The summed E-state index contributed by atoms with van der Waals surface area (Å²) in [5.41, 5.74) is 3.78. The van der Waals surface area contributed by atoms with Gasteiger partial charge in [0.2, 0.25) is 0 Å². The Morgan fingerprint density at radius 1 is 1.18 bits per heavy atom. The summed E-state index contributed by atoms with van der Waals surface area (Å²) in [6, 6.07) is 17.4. The Labute approximate surface area is 164 Å². The van der Waals surface area contributed by atoms with E-state index in [1.54, 1.807) is 37.6 Å². The Morgan fingerprint density at radius 2 is 2.04 bits per heavy atom. The minimum Gasteiger partial charge on any atom is -0.497 e. The van der Waals surface area contributed by atoms with Gasteiger partial charge < -0.3 is 19.8 Å². The molecule has 4 rings (SSSR count). The summed E-state index contributed by atoms with van der Waals surface area (Å²) in [6.45, 7) is 0.738. The molecule has 144 valence electrons. The van der Waals surface area contributed by atoms with Gasteiger partial charge in [0, 0.05) is 35.8 Å². The monoisotopic (exact) mass is 376 g/mol. The first kappa shape index (κ1) is 18.3. The summed E-state index contributed by atoms with van der Waals surface area (Å²) < 4.78 is 10.7. The molecule has 1 aliphatic rings. The molecule has 1 unspecified atom stereocenters. The molecule has 1 aliphatic carbocycles. The molecule has 0 saturated carbocycles. The van der Waals surface area contributed by atoms with E-state index >= 15 is 0 Å². The van der Waals surface area contributed by atoms with Crippen molar-refractivity contribution >= 4 is 11.6 Å². The van der Waals surface area contributed by atoms with Gasteiger partial charge >= 0.3 is 0 Å². The van der Waals surface area contributed by atoms with Crippen molar-refractivity contribution in [3.63, 3.8) is 0 Å². The molecule has 1 aromatic heterocycles. The summed E-state index contributed by atoms with van der Waals surface area (Å²) >= 11 is 0. The van der Waals surface area contributed by atoms with E-state index in [1.807, 2.05) is 18.2 Å². The Balaban J connectivity index is 1.38. The molecular weight excluding hydrogens is 352 g/mol. The van der Waals surface area contributed by atoms with E-state index < -0.39 is 0 Å². The number of carbonyl (C=O) groups is 1. The molecule has 2 N–H and O–H groups in total. The van der Waals surface area contributed by atoms with Gasteiger partial charge in [0.1, 0.15) is 11.5 Å². The van der Waals surface area contributed by atoms with Crippen molar-refractivity contribution in [3.05, 3.63) is 83.3 Å². The van der Waals surface area contributed by atoms with Crippen LogP contribution >= 0.6 is 0 Å². The normalized spacial score (nSPS) is 15.7. The number of carbonyl (C=O) groups excluding carboxylic acids is 1. The van der Waals surface area contributed by atoms with Crippen LogP contribution in [0.3, 0.4) is 0 Å². The predicted molar refractivity (Wildman–Crippen MR) is 109 cm³/mol. The lowest BCUT2D eigenvalue weighted by atomic mass is 9.93. The molecule has 1 heterocycles. The van der Waals surface area contributed by atoms with E-state index in [0.717, 1.165) is 48.6 Å². The molecule has 5 heteroatoms. The van der Waals surface area contributed by atoms with Gasteiger partial charge in [-0.1, -0.05) is 12.1 Å². The zero-order valence-corrected chi connectivity index (χ0v) is 15.9. The van der Waals surface area contributed by atoms with E-state index in [-0.39, 0.29) is 5.91 Å². The summed E-state index contributed by atoms with van der Waals surface area (Å²) in [7, 11) is 1.61. The number of benzene rings is 2. The predicted octanol–water partition coefficient (Wildman–Crippen LogP) is 4.71. The number of fused-ring (bicyclic) bond motifs is 1. The number of rotatable bonds is 6. The highest BCUT2D eigenvalue weighted by atomic mass is 16.5. The smallest absolute Gasteiger partial charge is 0.255 e. The van der Waals surface area contributed by atoms with Crippen molar-refractivity contribution < 1.29 is 13.9 Å². The van der Waals surface area contributed by atoms with Crippen LogP contribution in [0.15, 0.2) is 65.3 Å². The molecule has 1 amide bonds. The number of nitrogens with one attached hydrogen (secondary N) is 2. The maximum atomic E-state index is 12.5. The highest BCUT2D eigenvalue weighted by molar-refractivity contribution is 6.04. The lowest BCUT2D eigenvalue weighted by Crippen LogP contribution is -2.24. The average molecular weight is 376 g/mol. The minimum absolute atomic E-state index is 0.136. The first-order valence-corrected chi connectivity index (χ1v) is 9.57. The van der Waals surface area contributed by atoms with E-state index in [4.69, 9.17) is 9.15 Å². The second-order valence-corrected chi connectivity index (χ2v) is 7.01. The fourth-order valence-electron chi connectivity index (χ4n) is 3.64. The molecule has 28 heavy (non-hydrogen) atoms. The number of hydrogen-bond donors (Lipinski definition) is 2. The van der Waals surface area contributed by atoms with Crippen LogP contribution < -0.4 is 15.4 Å². The van der Waals surface area contributed by atoms with Crippen molar-refractivity contribution in [2.24, 2.45) is 0 Å². The molecule has 2 aromatic carbocycles. The van der Waals surface area contributed by atoms with Gasteiger partial charge in [-0.15, -0.1) is 0 Å². The van der Waals surface area contributed by atoms with E-state index in [0.29, 0.717) is 11.6 Å². The third-order valence-corrected chi connectivity index (χ3v) is 5.14. The third kappa shape index (κ3) is 4.10. The lowest BCUT2D eigenvalue weighted by molar-refractivity contribution is 0.102. The SMILES string of the molecule is COc1ccc(C(=O)Nc2cccc(CNC3CCCc4occc43)c2)cc1. The highest BCUT2D eigenvalue weighted by Gasteiger charge is 2.21. The Morgan fingerprint density at radius 3 is 2.86 bits per heavy atom. The van der Waals surface area contributed by atoms with Gasteiger partial charge in [-0.25, -0.2) is 0 Å². The second-order valence-electron chi connectivity index (χ2n) is 7.01. The van der Waals surface area contributed by atoms with Crippen molar-refractivity contribution in [1.29, 1.82) is 0 Å². The molecule has 0 fully saturated rings. The number of hydrogen-bond acceptors (Lipinski definition) is 4. The van der Waals surface area contributed by atoms with E-state index in [1.165, 1.54) is 5.56 Å². The molecule has 0 saturated heterocycles. The largest absolute Gasteiger partial charge is 0.497 e. The topological polar surface area (TPSA) is 63.5 Å². The standard InChI is InChI=1S/C23H24N2O3/c1-27-19-10-8-17(9-11-19)23(26)25-18-5-2-4-16(14-18)15-24-21-6-3-7-22-20(21)12-13-28-22/h2,4-5,8-14,21,24H,3,6-7,15H2,1H3,(H,25,26). The van der Waals surface area contributed by atoms with Crippen LogP contribution in [-0.2, 0) is 13.0 Å². The van der Waals surface area contributed by atoms with Crippen molar-refractivity contribution in [2.75, 3.05) is 12.4 Å². The number of amides is 1. The summed E-state index contributed by atoms with van der Waals surface area (Å²) in [6.07, 6.45) is 5.05. The lowest BCUT2D eigenvalue weighted by Gasteiger charge is -2.23. The zero-order chi connectivity index (χ0) is 19.3. The first-order chi connectivity index (χ1) is 13.7. The Hall–Kier alpha value is -3.05. The molecule has 0 spiro atoms. The summed E-state index contributed by atoms with van der Waals surface area (Å²) in [5.74, 6) is 1.69. The quantitative estimate of drug-likeness (QED) is 0.654. The summed E-state index contributed by atoms with van der Waals surface area (Å²) in [5, 5.41) is 6.58. The summed E-state index contributed by atoms with van der Waals surface area (Å²) in [4.78, 5) is 12.5. The number of anilines is 1. The van der Waals surface area contributed by atoms with Crippen LogP contribution in [0.1, 0.15) is 46.1 Å². The molecular formula is C23H24N2O3. The fourth-order valence-corrected chi connectivity index (χ4v) is 3.64. The molecule has 0 aliphatic heterocycles. The highest BCUT2D eigenvalue weighted by Crippen LogP contribution is 2.30. The maximum absolute atomic E-state index is 12.5. The van der Waals surface area contributed by atoms with Gasteiger partial charge in [-0.05, 0) is 60.9 Å². The zero-order valence-electron chi connectivity index (χ0n) is 15.9. The van der Waals surface area contributed by atoms with Crippen LogP contribution in [-0.4, -0.2) is 13.0 Å². The van der Waals surface area contributed by atoms with Crippen LogP contribution in [0.4, 0.5) is 5.69 Å². The number of aryl methyl sites for hydroxylation is 1. The molecule has 3 aromatic rings. The van der Waals surface area contributed by atoms with Crippen LogP contribution in [0.25, 0.3) is 0 Å². The van der Waals surface area contributed by atoms with Gasteiger partial charge in [0.15, 0.2) is 0 Å². The second kappa shape index (κ2) is 8.31. The van der Waals surface area contributed by atoms with E-state index in [2.05, 4.69) is 22.8 Å². The number of methoxy groups -OCH3 is 1. The van der Waals surface area contributed by atoms with Crippen LogP contribution in [0.5, 0.6) is 5.75 Å². The maximum Gasteiger partial charge on any atom is 0.255 e. The molecule has 0 radical (unpaired) electrons. The third-order valence-electron chi connectivity index (χ3n) is 5.14. The van der Waals surface area contributed by atoms with Gasteiger partial charge in [-0.2, -0.15) is 0 Å². The molecule has 5 nitrogen and oxygen atoms in total. The van der Waals surface area contributed by atoms with Crippen molar-refractivity contribution in [1.82, 2.24) is 5.32 Å². The molecule has 0 bridgehead atoms. The van der Waals surface area contributed by atoms with Crippen LogP contribution in [0.2, 0.25) is 0 Å². The Kier molecular flexibility index (Phi) is 5.44. The average Bonchev–Trinajstić information content (AvgIpc) is 3.22. The number of ether oxygens (including phenoxy) is 1. The van der Waals surface area contributed by atoms with Gasteiger partial charge in [0.25, 0.3) is 5.91 Å². The number of furan rings is 1. The molecule has 1 atom stereocenters. The minimum atomic E-state index is -0.136. The van der Waals surface area contributed by atoms with Crippen molar-refractivity contribution in [2.45, 2.75) is 31.8 Å². The van der Waals surface area contributed by atoms with Crippen molar-refractivity contribution in [3.8, 4) is 5.75 Å². The van der Waals surface area contributed by atoms with Gasteiger partial charge in [-0.3, -0.25) is 4.79 Å². The van der Waals surface area contributed by atoms with E-state index in [9.17, 15) is 4.79 Å². The van der Waals surface area contributed by atoms with Gasteiger partial charge in [0.05, 0.1) is 13.4 Å².